The van der Waals surface area contributed by atoms with Gasteiger partial charge in [-0.05, 0) is 32.4 Å². The quantitative estimate of drug-likeness (QED) is 0.761. The van der Waals surface area contributed by atoms with Crippen LogP contribution in [0.5, 0.6) is 0 Å². The molecule has 1 saturated heterocycles. The third-order valence-corrected chi connectivity index (χ3v) is 3.10. The van der Waals surface area contributed by atoms with Gasteiger partial charge < -0.3 is 5.32 Å². The Morgan fingerprint density at radius 3 is 3.20 bits per heavy atom. The average molecular weight is 202 g/mol. The van der Waals surface area contributed by atoms with Gasteiger partial charge in [-0.1, -0.05) is 0 Å². The van der Waals surface area contributed by atoms with Crippen LogP contribution in [0.2, 0.25) is 0 Å². The van der Waals surface area contributed by atoms with Gasteiger partial charge in [0.15, 0.2) is 0 Å². The summed E-state index contributed by atoms with van der Waals surface area (Å²) in [6.07, 6.45) is 6.05. The molecule has 2 aromatic rings. The van der Waals surface area contributed by atoms with E-state index in [1.165, 1.54) is 24.2 Å². The lowest BCUT2D eigenvalue weighted by molar-refractivity contribution is 0.627. The van der Waals surface area contributed by atoms with Crippen molar-refractivity contribution >= 4 is 5.65 Å². The molecule has 1 fully saturated rings. The molecule has 2 aromatic heterocycles. The fourth-order valence-electron chi connectivity index (χ4n) is 2.28. The van der Waals surface area contributed by atoms with Crippen LogP contribution in [-0.4, -0.2) is 20.9 Å². The van der Waals surface area contributed by atoms with Crippen molar-refractivity contribution in [2.45, 2.75) is 25.8 Å². The van der Waals surface area contributed by atoms with Crippen LogP contribution in [-0.2, 0) is 0 Å². The fourth-order valence-corrected chi connectivity index (χ4v) is 2.28. The Morgan fingerprint density at radius 2 is 2.47 bits per heavy atom. The summed E-state index contributed by atoms with van der Waals surface area (Å²) < 4.78 is 2.05. The summed E-state index contributed by atoms with van der Waals surface area (Å²) in [7, 11) is 0. The Kier molecular flexibility index (Phi) is 1.95. The van der Waals surface area contributed by atoms with E-state index in [1.54, 1.807) is 6.20 Å². The van der Waals surface area contributed by atoms with Gasteiger partial charge in [-0.3, -0.25) is 4.40 Å². The maximum absolute atomic E-state index is 4.65. The molecule has 1 atom stereocenters. The molecule has 3 rings (SSSR count). The van der Waals surface area contributed by atoms with E-state index in [-0.39, 0.29) is 0 Å². The van der Waals surface area contributed by atoms with Gasteiger partial charge in [0, 0.05) is 11.9 Å². The lowest BCUT2D eigenvalue weighted by atomic mass is 10.1. The summed E-state index contributed by atoms with van der Waals surface area (Å²) >= 11 is 0. The van der Waals surface area contributed by atoms with Crippen LogP contribution in [0.1, 0.15) is 30.3 Å². The monoisotopic (exact) mass is 202 g/mol. The summed E-state index contributed by atoms with van der Waals surface area (Å²) in [5, 5.41) is 3.48. The molecule has 78 valence electrons. The molecule has 15 heavy (non-hydrogen) atoms. The van der Waals surface area contributed by atoms with Gasteiger partial charge in [0.25, 0.3) is 0 Å². The molecule has 0 radical (unpaired) electrons. The third-order valence-electron chi connectivity index (χ3n) is 3.10. The Labute approximate surface area is 88.4 Å². The van der Waals surface area contributed by atoms with Gasteiger partial charge in [-0.2, -0.15) is 0 Å². The van der Waals surface area contributed by atoms with Crippen molar-refractivity contribution in [3.8, 4) is 0 Å². The van der Waals surface area contributed by atoms with Crippen molar-refractivity contribution < 1.29 is 0 Å². The molecular formula is C11H14N4. The van der Waals surface area contributed by atoms with Gasteiger partial charge in [0.05, 0.1) is 11.7 Å². The van der Waals surface area contributed by atoms with Gasteiger partial charge in [0.2, 0.25) is 0 Å². The van der Waals surface area contributed by atoms with E-state index in [0.717, 1.165) is 12.2 Å². The summed E-state index contributed by atoms with van der Waals surface area (Å²) in [4.78, 5) is 8.77. The Balaban J connectivity index is 2.14. The van der Waals surface area contributed by atoms with E-state index < -0.39 is 0 Å². The molecule has 0 amide bonds. The maximum atomic E-state index is 4.65. The summed E-state index contributed by atoms with van der Waals surface area (Å²) in [6.45, 7) is 3.22. The molecule has 4 heteroatoms. The molecule has 1 aliphatic heterocycles. The Morgan fingerprint density at radius 1 is 1.53 bits per heavy atom. The highest BCUT2D eigenvalue weighted by Gasteiger charge is 2.21. The molecule has 0 spiro atoms. The number of nitrogens with zero attached hydrogens (tertiary/aromatic N) is 3. The molecule has 0 saturated carbocycles. The lowest BCUT2D eigenvalue weighted by Gasteiger charge is -2.07. The van der Waals surface area contributed by atoms with Crippen molar-refractivity contribution in [1.29, 1.82) is 0 Å². The number of rotatable bonds is 1. The minimum Gasteiger partial charge on any atom is -0.309 e. The van der Waals surface area contributed by atoms with Crippen LogP contribution in [0, 0.1) is 6.92 Å². The molecule has 0 aromatic carbocycles. The van der Waals surface area contributed by atoms with Crippen LogP contribution in [0.4, 0.5) is 0 Å². The standard InChI is InChI=1S/C11H14N4/c1-8-11(9-3-2-5-13-9)14-10-4-6-12-7-15(8)10/h4,6-7,9,13H,2-3,5H2,1H3. The molecular weight excluding hydrogens is 188 g/mol. The van der Waals surface area contributed by atoms with E-state index in [4.69, 9.17) is 0 Å². The molecule has 4 nitrogen and oxygen atoms in total. The largest absolute Gasteiger partial charge is 0.309 e. The second-order valence-electron chi connectivity index (χ2n) is 4.04. The first-order chi connectivity index (χ1) is 7.36. The molecule has 0 aliphatic carbocycles. The summed E-state index contributed by atoms with van der Waals surface area (Å²) in [5.41, 5.74) is 3.38. The highest BCUT2D eigenvalue weighted by Crippen LogP contribution is 2.25. The van der Waals surface area contributed by atoms with Crippen LogP contribution in [0.15, 0.2) is 18.6 Å². The van der Waals surface area contributed by atoms with Gasteiger partial charge >= 0.3 is 0 Å². The minimum atomic E-state index is 0.435. The van der Waals surface area contributed by atoms with Gasteiger partial charge in [0.1, 0.15) is 12.0 Å². The summed E-state index contributed by atoms with van der Waals surface area (Å²) in [6, 6.07) is 2.38. The Hall–Kier alpha value is -1.42. The number of aryl methyl sites for hydroxylation is 1. The van der Waals surface area contributed by atoms with Crippen molar-refractivity contribution in [2.75, 3.05) is 6.54 Å². The first kappa shape index (κ1) is 8.85. The predicted octanol–water partition coefficient (Wildman–Crippen LogP) is 1.46. The van der Waals surface area contributed by atoms with Crippen molar-refractivity contribution in [2.24, 2.45) is 0 Å². The van der Waals surface area contributed by atoms with E-state index >= 15 is 0 Å². The lowest BCUT2D eigenvalue weighted by Crippen LogP contribution is -2.14. The number of hydrogen-bond donors (Lipinski definition) is 1. The smallest absolute Gasteiger partial charge is 0.140 e. The number of nitrogens with one attached hydrogen (secondary N) is 1. The number of hydrogen-bond acceptors (Lipinski definition) is 3. The molecule has 1 N–H and O–H groups in total. The van der Waals surface area contributed by atoms with Crippen LogP contribution in [0.3, 0.4) is 0 Å². The molecule has 1 aliphatic rings. The van der Waals surface area contributed by atoms with E-state index in [2.05, 4.69) is 26.6 Å². The second kappa shape index (κ2) is 3.31. The van der Waals surface area contributed by atoms with Gasteiger partial charge in [-0.25, -0.2) is 9.97 Å². The number of fused-ring (bicyclic) bond motifs is 1. The minimum absolute atomic E-state index is 0.435. The molecule has 0 bridgehead atoms. The van der Waals surface area contributed by atoms with E-state index in [0.29, 0.717) is 6.04 Å². The third kappa shape index (κ3) is 1.33. The predicted molar refractivity (Wildman–Crippen MR) is 57.7 cm³/mol. The highest BCUT2D eigenvalue weighted by atomic mass is 15.1. The van der Waals surface area contributed by atoms with Crippen molar-refractivity contribution in [3.05, 3.63) is 30.0 Å². The summed E-state index contributed by atoms with van der Waals surface area (Å²) in [5.74, 6) is 0. The van der Waals surface area contributed by atoms with Gasteiger partial charge in [-0.15, -0.1) is 0 Å². The topological polar surface area (TPSA) is 42.2 Å². The zero-order chi connectivity index (χ0) is 10.3. The molecule has 1 unspecified atom stereocenters. The fraction of sp³-hybridized carbons (Fsp3) is 0.455. The first-order valence-electron chi connectivity index (χ1n) is 5.38. The average Bonchev–Trinajstić information content (AvgIpc) is 2.87. The van der Waals surface area contributed by atoms with Crippen molar-refractivity contribution in [3.63, 3.8) is 0 Å². The van der Waals surface area contributed by atoms with Crippen LogP contribution in [0.25, 0.3) is 5.65 Å². The SMILES string of the molecule is Cc1c(C2CCCN2)nc2ccncn12. The zero-order valence-corrected chi connectivity index (χ0v) is 8.77. The van der Waals surface area contributed by atoms with E-state index in [9.17, 15) is 0 Å². The first-order valence-corrected chi connectivity index (χ1v) is 5.38. The van der Waals surface area contributed by atoms with Crippen LogP contribution >= 0.6 is 0 Å². The highest BCUT2D eigenvalue weighted by molar-refractivity contribution is 5.42. The second-order valence-corrected chi connectivity index (χ2v) is 4.04. The number of imidazole rings is 1. The normalized spacial score (nSPS) is 21.3. The zero-order valence-electron chi connectivity index (χ0n) is 8.77. The Bertz CT molecular complexity index is 482. The van der Waals surface area contributed by atoms with E-state index in [1.807, 2.05) is 12.4 Å². The van der Waals surface area contributed by atoms with Crippen LogP contribution < -0.4 is 5.32 Å². The molecule has 3 heterocycles. The maximum Gasteiger partial charge on any atom is 0.140 e. The van der Waals surface area contributed by atoms with Crippen molar-refractivity contribution in [1.82, 2.24) is 19.7 Å². The number of aromatic nitrogens is 3.